The van der Waals surface area contributed by atoms with Crippen LogP contribution in [0.15, 0.2) is 77.7 Å². The lowest BCUT2D eigenvalue weighted by atomic mass is 10.0. The summed E-state index contributed by atoms with van der Waals surface area (Å²) in [6.45, 7) is 1.01. The van der Waals surface area contributed by atoms with Crippen LogP contribution in [0, 0.1) is 0 Å². The zero-order valence-corrected chi connectivity index (χ0v) is 14.5. The quantitative estimate of drug-likeness (QED) is 0.668. The molecule has 0 atom stereocenters. The maximum Gasteiger partial charge on any atom is 0.266 e. The van der Waals surface area contributed by atoms with Gasteiger partial charge in [0, 0.05) is 25.4 Å². The van der Waals surface area contributed by atoms with E-state index in [0.717, 1.165) is 16.7 Å². The minimum absolute atomic E-state index is 0.0224. The average Bonchev–Trinajstić information content (AvgIpc) is 2.68. The van der Waals surface area contributed by atoms with Crippen LogP contribution in [-0.4, -0.2) is 22.2 Å². The van der Waals surface area contributed by atoms with E-state index in [1.54, 1.807) is 12.3 Å². The normalized spacial score (nSPS) is 10.5. The largest absolute Gasteiger partial charge is 0.356 e. The van der Waals surface area contributed by atoms with Crippen LogP contribution in [0.3, 0.4) is 0 Å². The lowest BCUT2D eigenvalue weighted by molar-refractivity contribution is -0.120. The molecule has 26 heavy (non-hydrogen) atoms. The minimum atomic E-state index is -0.127. The van der Waals surface area contributed by atoms with Gasteiger partial charge in [0.25, 0.3) is 5.56 Å². The molecule has 0 fully saturated rings. The molecule has 5 heteroatoms. The predicted octanol–water partition coefficient (Wildman–Crippen LogP) is 2.66. The zero-order valence-electron chi connectivity index (χ0n) is 14.5. The fourth-order valence-corrected chi connectivity index (χ4v) is 2.71. The number of hydrogen-bond acceptors (Lipinski definition) is 3. The van der Waals surface area contributed by atoms with Crippen molar-refractivity contribution < 1.29 is 4.79 Å². The van der Waals surface area contributed by atoms with E-state index in [0.29, 0.717) is 25.9 Å². The van der Waals surface area contributed by atoms with Gasteiger partial charge in [0.2, 0.25) is 5.91 Å². The van der Waals surface area contributed by atoms with Crippen molar-refractivity contribution in [2.45, 2.75) is 19.4 Å². The van der Waals surface area contributed by atoms with Crippen molar-refractivity contribution in [3.8, 4) is 11.1 Å². The Bertz CT molecular complexity index is 902. The lowest BCUT2D eigenvalue weighted by Crippen LogP contribution is -2.28. The van der Waals surface area contributed by atoms with E-state index in [2.05, 4.69) is 22.5 Å². The minimum Gasteiger partial charge on any atom is -0.356 e. The first-order chi connectivity index (χ1) is 12.7. The number of aryl methyl sites for hydroxylation is 1. The lowest BCUT2D eigenvalue weighted by Gasteiger charge is -2.07. The van der Waals surface area contributed by atoms with E-state index in [1.807, 2.05) is 42.5 Å². The molecular formula is C21H21N3O2. The maximum absolute atomic E-state index is 12.1. The van der Waals surface area contributed by atoms with Crippen LogP contribution in [0.2, 0.25) is 0 Å². The summed E-state index contributed by atoms with van der Waals surface area (Å²) in [7, 11) is 0. The molecule has 1 N–H and O–H groups in total. The second kappa shape index (κ2) is 8.76. The summed E-state index contributed by atoms with van der Waals surface area (Å²) in [6.07, 6.45) is 2.59. The van der Waals surface area contributed by atoms with Gasteiger partial charge in [-0.1, -0.05) is 54.6 Å². The highest BCUT2D eigenvalue weighted by Gasteiger charge is 2.04. The van der Waals surface area contributed by atoms with E-state index < -0.39 is 0 Å². The van der Waals surface area contributed by atoms with Gasteiger partial charge in [0.05, 0.1) is 6.42 Å². The van der Waals surface area contributed by atoms with E-state index in [4.69, 9.17) is 0 Å². The molecule has 0 aliphatic rings. The zero-order chi connectivity index (χ0) is 18.2. The Morgan fingerprint density at radius 2 is 1.65 bits per heavy atom. The van der Waals surface area contributed by atoms with Crippen molar-refractivity contribution >= 4 is 5.91 Å². The standard InChI is InChI=1S/C21H21N3O2/c25-20(22-13-5-15-24-21(26)8-4-14-23-24)16-17-9-11-19(12-10-17)18-6-2-1-3-7-18/h1-4,6-12,14H,5,13,15-16H2,(H,22,25). The smallest absolute Gasteiger partial charge is 0.266 e. The molecule has 5 nitrogen and oxygen atoms in total. The van der Waals surface area contributed by atoms with Crippen LogP contribution < -0.4 is 10.9 Å². The van der Waals surface area contributed by atoms with Crippen molar-refractivity contribution in [2.24, 2.45) is 0 Å². The molecular weight excluding hydrogens is 326 g/mol. The number of amides is 1. The Hall–Kier alpha value is -3.21. The second-order valence-corrected chi connectivity index (χ2v) is 6.03. The molecule has 0 unspecified atom stereocenters. The van der Waals surface area contributed by atoms with Crippen LogP contribution in [0.1, 0.15) is 12.0 Å². The molecule has 1 amide bonds. The molecule has 0 spiro atoms. The summed E-state index contributed by atoms with van der Waals surface area (Å²) in [5, 5.41) is 6.87. The Labute approximate surface area is 152 Å². The van der Waals surface area contributed by atoms with Gasteiger partial charge < -0.3 is 5.32 Å². The van der Waals surface area contributed by atoms with E-state index >= 15 is 0 Å². The monoisotopic (exact) mass is 347 g/mol. The third-order valence-electron chi connectivity index (χ3n) is 4.08. The highest BCUT2D eigenvalue weighted by Crippen LogP contribution is 2.19. The van der Waals surface area contributed by atoms with Crippen LogP contribution in [-0.2, 0) is 17.8 Å². The highest BCUT2D eigenvalue weighted by atomic mass is 16.1. The van der Waals surface area contributed by atoms with E-state index in [1.165, 1.54) is 10.7 Å². The Kier molecular flexibility index (Phi) is 5.93. The van der Waals surface area contributed by atoms with Crippen LogP contribution in [0.25, 0.3) is 11.1 Å². The first-order valence-electron chi connectivity index (χ1n) is 8.65. The van der Waals surface area contributed by atoms with Gasteiger partial charge in [0.15, 0.2) is 0 Å². The van der Waals surface area contributed by atoms with Gasteiger partial charge in [-0.05, 0) is 29.2 Å². The summed E-state index contributed by atoms with van der Waals surface area (Å²) >= 11 is 0. The predicted molar refractivity (Wildman–Crippen MR) is 102 cm³/mol. The number of carbonyl (C=O) groups is 1. The number of benzene rings is 2. The van der Waals surface area contributed by atoms with Crippen LogP contribution in [0.5, 0.6) is 0 Å². The van der Waals surface area contributed by atoms with Crippen molar-refractivity contribution in [1.82, 2.24) is 15.1 Å². The summed E-state index contributed by atoms with van der Waals surface area (Å²) in [4.78, 5) is 23.6. The molecule has 0 radical (unpaired) electrons. The molecule has 0 aliphatic heterocycles. The fourth-order valence-electron chi connectivity index (χ4n) is 2.71. The van der Waals surface area contributed by atoms with E-state index in [-0.39, 0.29) is 11.5 Å². The van der Waals surface area contributed by atoms with Gasteiger partial charge in [0.1, 0.15) is 0 Å². The molecule has 0 saturated carbocycles. The number of nitrogens with zero attached hydrogens (tertiary/aromatic N) is 2. The Balaban J connectivity index is 1.45. The molecule has 1 heterocycles. The molecule has 0 bridgehead atoms. The Morgan fingerprint density at radius 1 is 0.923 bits per heavy atom. The third-order valence-corrected chi connectivity index (χ3v) is 4.08. The SMILES string of the molecule is O=C(Cc1ccc(-c2ccccc2)cc1)NCCCn1ncccc1=O. The van der Waals surface area contributed by atoms with Crippen molar-refractivity contribution in [3.05, 3.63) is 88.8 Å². The van der Waals surface area contributed by atoms with Crippen molar-refractivity contribution in [1.29, 1.82) is 0 Å². The Morgan fingerprint density at radius 3 is 2.38 bits per heavy atom. The van der Waals surface area contributed by atoms with Crippen LogP contribution in [0.4, 0.5) is 0 Å². The molecule has 0 aliphatic carbocycles. The number of nitrogens with one attached hydrogen (secondary N) is 1. The van der Waals surface area contributed by atoms with Gasteiger partial charge in [-0.25, -0.2) is 4.68 Å². The topological polar surface area (TPSA) is 64.0 Å². The van der Waals surface area contributed by atoms with Gasteiger partial charge in [-0.3, -0.25) is 9.59 Å². The summed E-state index contributed by atoms with van der Waals surface area (Å²) in [5.41, 5.74) is 3.14. The van der Waals surface area contributed by atoms with Gasteiger partial charge in [-0.15, -0.1) is 0 Å². The highest BCUT2D eigenvalue weighted by molar-refractivity contribution is 5.78. The summed E-state index contributed by atoms with van der Waals surface area (Å²) < 4.78 is 1.40. The average molecular weight is 347 g/mol. The number of aromatic nitrogens is 2. The van der Waals surface area contributed by atoms with Crippen molar-refractivity contribution in [2.75, 3.05) is 6.54 Å². The van der Waals surface area contributed by atoms with Crippen LogP contribution >= 0.6 is 0 Å². The molecule has 1 aromatic heterocycles. The number of carbonyl (C=O) groups excluding carboxylic acids is 1. The second-order valence-electron chi connectivity index (χ2n) is 6.03. The molecule has 132 valence electrons. The first-order valence-corrected chi connectivity index (χ1v) is 8.65. The van der Waals surface area contributed by atoms with Gasteiger partial charge >= 0.3 is 0 Å². The summed E-state index contributed by atoms with van der Waals surface area (Å²) in [5.74, 6) is -0.0224. The van der Waals surface area contributed by atoms with Crippen molar-refractivity contribution in [3.63, 3.8) is 0 Å². The molecule has 0 saturated heterocycles. The first kappa shape index (κ1) is 17.6. The molecule has 3 rings (SSSR count). The third kappa shape index (κ3) is 4.89. The van der Waals surface area contributed by atoms with E-state index in [9.17, 15) is 9.59 Å². The van der Waals surface area contributed by atoms with Gasteiger partial charge in [-0.2, -0.15) is 5.10 Å². The summed E-state index contributed by atoms with van der Waals surface area (Å²) in [6, 6.07) is 21.3. The number of hydrogen-bond donors (Lipinski definition) is 1. The fraction of sp³-hybridized carbons (Fsp3) is 0.190. The molecule has 3 aromatic rings. The molecule has 2 aromatic carbocycles. The maximum atomic E-state index is 12.1. The number of rotatable bonds is 7.